The van der Waals surface area contributed by atoms with Gasteiger partial charge < -0.3 is 10.1 Å². The van der Waals surface area contributed by atoms with Crippen LogP contribution in [0.1, 0.15) is 58.6 Å². The van der Waals surface area contributed by atoms with Crippen LogP contribution < -0.4 is 10.1 Å². The van der Waals surface area contributed by atoms with Gasteiger partial charge in [0.05, 0.1) is 6.10 Å². The maximum atomic E-state index is 5.98. The molecular weight excluding hydrogens is 222 g/mol. The fourth-order valence-electron chi connectivity index (χ4n) is 1.98. The van der Waals surface area contributed by atoms with Crippen LogP contribution >= 0.6 is 0 Å². The molecule has 0 aliphatic rings. The second-order valence-electron chi connectivity index (χ2n) is 4.80. The molecule has 0 aliphatic heterocycles. The lowest BCUT2D eigenvalue weighted by Crippen LogP contribution is -2.19. The van der Waals surface area contributed by atoms with Gasteiger partial charge >= 0.3 is 0 Å². The molecule has 1 rings (SSSR count). The Labute approximate surface area is 112 Å². The first kappa shape index (κ1) is 15.0. The average Bonchev–Trinajstić information content (AvgIpc) is 2.42. The predicted molar refractivity (Wildman–Crippen MR) is 78.1 cm³/mol. The molecule has 102 valence electrons. The van der Waals surface area contributed by atoms with Gasteiger partial charge in [-0.1, -0.05) is 32.9 Å². The highest BCUT2D eigenvalue weighted by Gasteiger charge is 2.08. The molecule has 1 atom stereocenters. The fraction of sp³-hybridized carbons (Fsp3) is 0.625. The van der Waals surface area contributed by atoms with E-state index in [1.807, 2.05) is 6.07 Å². The van der Waals surface area contributed by atoms with E-state index in [0.717, 1.165) is 31.6 Å². The van der Waals surface area contributed by atoms with Crippen molar-refractivity contribution in [2.45, 2.75) is 59.1 Å². The first-order valence-electron chi connectivity index (χ1n) is 7.21. The zero-order chi connectivity index (χ0) is 13.4. The van der Waals surface area contributed by atoms with Gasteiger partial charge in [0.2, 0.25) is 0 Å². The zero-order valence-electron chi connectivity index (χ0n) is 12.2. The molecule has 2 heteroatoms. The van der Waals surface area contributed by atoms with Crippen LogP contribution in [0.5, 0.6) is 5.75 Å². The first-order valence-corrected chi connectivity index (χ1v) is 7.21. The van der Waals surface area contributed by atoms with Gasteiger partial charge in [0.25, 0.3) is 0 Å². The number of rotatable bonds is 8. The number of benzene rings is 1. The molecule has 18 heavy (non-hydrogen) atoms. The summed E-state index contributed by atoms with van der Waals surface area (Å²) in [7, 11) is 0. The summed E-state index contributed by atoms with van der Waals surface area (Å²) < 4.78 is 5.98. The molecule has 2 nitrogen and oxygen atoms in total. The van der Waals surface area contributed by atoms with Crippen LogP contribution in [0.15, 0.2) is 24.3 Å². The molecule has 0 bridgehead atoms. The molecule has 1 aromatic carbocycles. The van der Waals surface area contributed by atoms with E-state index in [-0.39, 0.29) is 0 Å². The van der Waals surface area contributed by atoms with E-state index in [4.69, 9.17) is 4.74 Å². The van der Waals surface area contributed by atoms with Gasteiger partial charge in [0, 0.05) is 6.04 Å². The summed E-state index contributed by atoms with van der Waals surface area (Å²) in [6.07, 6.45) is 3.61. The minimum Gasteiger partial charge on any atom is -0.490 e. The molecular formula is C16H27NO. The van der Waals surface area contributed by atoms with Crippen molar-refractivity contribution >= 4 is 0 Å². The van der Waals surface area contributed by atoms with Crippen molar-refractivity contribution in [1.29, 1.82) is 0 Å². The minimum absolute atomic E-state index is 0.333. The predicted octanol–water partition coefficient (Wildman–Crippen LogP) is 4.31. The summed E-state index contributed by atoms with van der Waals surface area (Å²) in [4.78, 5) is 0. The lowest BCUT2D eigenvalue weighted by atomic mass is 10.1. The maximum Gasteiger partial charge on any atom is 0.120 e. The van der Waals surface area contributed by atoms with Crippen molar-refractivity contribution in [1.82, 2.24) is 5.32 Å². The molecule has 0 fully saturated rings. The van der Waals surface area contributed by atoms with Crippen molar-refractivity contribution in [3.8, 4) is 5.75 Å². The van der Waals surface area contributed by atoms with Crippen LogP contribution in [0.3, 0.4) is 0 Å². The summed E-state index contributed by atoms with van der Waals surface area (Å²) in [6.45, 7) is 9.78. The standard InChI is InChI=1S/C16H27NO/c1-5-11-17-13(4)14-9-8-10-16(12-14)18-15(6-2)7-3/h8-10,12-13,15,17H,5-7,11H2,1-4H3. The smallest absolute Gasteiger partial charge is 0.120 e. The highest BCUT2D eigenvalue weighted by Crippen LogP contribution is 2.21. The Balaban J connectivity index is 2.66. The van der Waals surface area contributed by atoms with Crippen molar-refractivity contribution in [3.05, 3.63) is 29.8 Å². The van der Waals surface area contributed by atoms with Gasteiger partial charge in [-0.25, -0.2) is 0 Å². The Morgan fingerprint density at radius 1 is 1.17 bits per heavy atom. The summed E-state index contributed by atoms with van der Waals surface area (Å²) >= 11 is 0. The third-order valence-electron chi connectivity index (χ3n) is 3.27. The van der Waals surface area contributed by atoms with E-state index in [0.29, 0.717) is 12.1 Å². The van der Waals surface area contributed by atoms with E-state index in [2.05, 4.69) is 51.2 Å². The number of hydrogen-bond acceptors (Lipinski definition) is 2. The maximum absolute atomic E-state index is 5.98. The number of nitrogens with one attached hydrogen (secondary N) is 1. The third kappa shape index (κ3) is 4.69. The number of ether oxygens (including phenoxy) is 1. The fourth-order valence-corrected chi connectivity index (χ4v) is 1.98. The quantitative estimate of drug-likeness (QED) is 0.741. The van der Waals surface area contributed by atoms with Crippen LogP contribution in [0.25, 0.3) is 0 Å². The lowest BCUT2D eigenvalue weighted by molar-refractivity contribution is 0.192. The highest BCUT2D eigenvalue weighted by atomic mass is 16.5. The highest BCUT2D eigenvalue weighted by molar-refractivity contribution is 5.30. The largest absolute Gasteiger partial charge is 0.490 e. The average molecular weight is 249 g/mol. The van der Waals surface area contributed by atoms with Crippen LogP contribution in [-0.2, 0) is 0 Å². The number of hydrogen-bond donors (Lipinski definition) is 1. The van der Waals surface area contributed by atoms with E-state index < -0.39 is 0 Å². The van der Waals surface area contributed by atoms with Crippen molar-refractivity contribution in [3.63, 3.8) is 0 Å². The molecule has 0 radical (unpaired) electrons. The second-order valence-corrected chi connectivity index (χ2v) is 4.80. The second kappa shape index (κ2) is 8.15. The normalized spacial score (nSPS) is 12.7. The first-order chi connectivity index (χ1) is 8.71. The molecule has 0 heterocycles. The molecule has 1 aromatic rings. The summed E-state index contributed by atoms with van der Waals surface area (Å²) in [5, 5.41) is 3.50. The van der Waals surface area contributed by atoms with Crippen molar-refractivity contribution in [2.24, 2.45) is 0 Å². The van der Waals surface area contributed by atoms with E-state index in [1.165, 1.54) is 5.56 Å². The van der Waals surface area contributed by atoms with Crippen molar-refractivity contribution < 1.29 is 4.74 Å². The Kier molecular flexibility index (Phi) is 6.81. The molecule has 0 saturated carbocycles. The van der Waals surface area contributed by atoms with Crippen LogP contribution in [0, 0.1) is 0 Å². The molecule has 0 aliphatic carbocycles. The topological polar surface area (TPSA) is 21.3 Å². The van der Waals surface area contributed by atoms with Gasteiger partial charge in [0.1, 0.15) is 5.75 Å². The molecule has 0 spiro atoms. The zero-order valence-corrected chi connectivity index (χ0v) is 12.2. The van der Waals surface area contributed by atoms with Gasteiger partial charge in [-0.2, -0.15) is 0 Å². The Bertz CT molecular complexity index is 334. The Morgan fingerprint density at radius 3 is 2.50 bits per heavy atom. The van der Waals surface area contributed by atoms with Crippen LogP contribution in [0.4, 0.5) is 0 Å². The molecule has 0 amide bonds. The SMILES string of the molecule is CCCNC(C)c1cccc(OC(CC)CC)c1. The minimum atomic E-state index is 0.333. The van der Waals surface area contributed by atoms with Gasteiger partial charge in [-0.3, -0.25) is 0 Å². The van der Waals surface area contributed by atoms with Crippen LogP contribution in [0.2, 0.25) is 0 Å². The van der Waals surface area contributed by atoms with E-state index in [9.17, 15) is 0 Å². The summed E-state index contributed by atoms with van der Waals surface area (Å²) in [5.41, 5.74) is 1.30. The summed E-state index contributed by atoms with van der Waals surface area (Å²) in [5.74, 6) is 0.992. The van der Waals surface area contributed by atoms with Crippen molar-refractivity contribution in [2.75, 3.05) is 6.54 Å². The third-order valence-corrected chi connectivity index (χ3v) is 3.27. The molecule has 1 unspecified atom stereocenters. The monoisotopic (exact) mass is 249 g/mol. The van der Waals surface area contributed by atoms with Gasteiger partial charge in [0.15, 0.2) is 0 Å². The van der Waals surface area contributed by atoms with Gasteiger partial charge in [-0.15, -0.1) is 0 Å². The Hall–Kier alpha value is -1.02. The molecule has 1 N–H and O–H groups in total. The van der Waals surface area contributed by atoms with Gasteiger partial charge in [-0.05, 0) is 50.4 Å². The molecule has 0 saturated heterocycles. The Morgan fingerprint density at radius 2 is 1.89 bits per heavy atom. The van der Waals surface area contributed by atoms with E-state index in [1.54, 1.807) is 0 Å². The van der Waals surface area contributed by atoms with E-state index >= 15 is 0 Å². The summed E-state index contributed by atoms with van der Waals surface area (Å²) in [6, 6.07) is 8.83. The lowest BCUT2D eigenvalue weighted by Gasteiger charge is -2.18. The van der Waals surface area contributed by atoms with Crippen LogP contribution in [-0.4, -0.2) is 12.6 Å². The molecule has 0 aromatic heterocycles.